The van der Waals surface area contributed by atoms with Crippen molar-refractivity contribution in [3.05, 3.63) is 53.2 Å². The average molecular weight is 338 g/mol. The molecule has 2 aliphatic rings. The molecule has 6 heteroatoms. The van der Waals surface area contributed by atoms with E-state index in [-0.39, 0.29) is 11.8 Å². The van der Waals surface area contributed by atoms with Crippen LogP contribution in [0.5, 0.6) is 0 Å². The van der Waals surface area contributed by atoms with Crippen LogP contribution in [0.4, 0.5) is 5.95 Å². The molecule has 1 N–H and O–H groups in total. The van der Waals surface area contributed by atoms with E-state index in [1.165, 1.54) is 11.8 Å². The van der Waals surface area contributed by atoms with Crippen molar-refractivity contribution < 1.29 is 4.79 Å². The predicted molar refractivity (Wildman–Crippen MR) is 95.8 cm³/mol. The van der Waals surface area contributed by atoms with Crippen molar-refractivity contribution in [2.24, 2.45) is 0 Å². The first-order chi connectivity index (χ1) is 11.8. The van der Waals surface area contributed by atoms with Gasteiger partial charge in [0.15, 0.2) is 5.78 Å². The van der Waals surface area contributed by atoms with Gasteiger partial charge in [0.05, 0.1) is 0 Å². The zero-order valence-corrected chi connectivity index (χ0v) is 14.2. The minimum atomic E-state index is -0.197. The molecule has 0 amide bonds. The van der Waals surface area contributed by atoms with Gasteiger partial charge in [-0.3, -0.25) is 4.79 Å². The molecule has 1 atom stereocenters. The van der Waals surface area contributed by atoms with Gasteiger partial charge in [-0.15, -0.1) is 5.10 Å². The summed E-state index contributed by atoms with van der Waals surface area (Å²) in [6.45, 7) is 0. The number of carbonyl (C=O) groups excluding carboxylic acids is 1. The van der Waals surface area contributed by atoms with Crippen LogP contribution < -0.4 is 5.32 Å². The van der Waals surface area contributed by atoms with E-state index in [1.54, 1.807) is 0 Å². The SMILES string of the molecule is CSc1nc2n(n1)C(/C=C/c1ccccc1)C1=C(CCCC1=O)N2. The van der Waals surface area contributed by atoms with Crippen molar-refractivity contribution in [3.8, 4) is 0 Å². The van der Waals surface area contributed by atoms with Gasteiger partial charge >= 0.3 is 0 Å². The number of anilines is 1. The smallest absolute Gasteiger partial charge is 0.227 e. The molecule has 122 valence electrons. The second-order valence-electron chi connectivity index (χ2n) is 5.88. The molecular weight excluding hydrogens is 320 g/mol. The zero-order valence-electron chi connectivity index (χ0n) is 13.4. The van der Waals surface area contributed by atoms with Crippen LogP contribution in [0, 0.1) is 0 Å². The number of ketones is 1. The van der Waals surface area contributed by atoms with Gasteiger partial charge in [-0.1, -0.05) is 54.2 Å². The maximum Gasteiger partial charge on any atom is 0.227 e. The van der Waals surface area contributed by atoms with Crippen LogP contribution in [-0.4, -0.2) is 26.8 Å². The van der Waals surface area contributed by atoms with Crippen LogP contribution in [0.3, 0.4) is 0 Å². The first-order valence-electron chi connectivity index (χ1n) is 8.03. The number of Topliss-reactive ketones (excluding diaryl/α,β-unsaturated/α-hetero) is 1. The second-order valence-corrected chi connectivity index (χ2v) is 6.65. The molecule has 0 saturated heterocycles. The summed E-state index contributed by atoms with van der Waals surface area (Å²) in [5.74, 6) is 0.925. The van der Waals surface area contributed by atoms with Gasteiger partial charge in [0.2, 0.25) is 11.1 Å². The second kappa shape index (κ2) is 6.28. The highest BCUT2D eigenvalue weighted by atomic mass is 32.2. The third kappa shape index (κ3) is 2.67. The summed E-state index contributed by atoms with van der Waals surface area (Å²) in [6, 6.07) is 9.90. The Morgan fingerprint density at radius 3 is 2.92 bits per heavy atom. The Hall–Kier alpha value is -2.34. The number of thioether (sulfide) groups is 1. The fraction of sp³-hybridized carbons (Fsp3) is 0.278. The van der Waals surface area contributed by atoms with Gasteiger partial charge in [-0.25, -0.2) is 4.68 Å². The zero-order chi connectivity index (χ0) is 16.5. The van der Waals surface area contributed by atoms with E-state index in [9.17, 15) is 4.79 Å². The maximum atomic E-state index is 12.5. The third-order valence-electron chi connectivity index (χ3n) is 4.34. The van der Waals surface area contributed by atoms with Gasteiger partial charge in [0, 0.05) is 17.7 Å². The molecule has 0 radical (unpaired) electrons. The Morgan fingerprint density at radius 1 is 1.29 bits per heavy atom. The first kappa shape index (κ1) is 15.2. The Morgan fingerprint density at radius 2 is 2.12 bits per heavy atom. The van der Waals surface area contributed by atoms with E-state index in [4.69, 9.17) is 0 Å². The van der Waals surface area contributed by atoms with Crippen LogP contribution in [0.1, 0.15) is 30.9 Å². The summed E-state index contributed by atoms with van der Waals surface area (Å²) in [4.78, 5) is 17.1. The largest absolute Gasteiger partial charge is 0.328 e. The number of nitrogens with zero attached hydrogens (tertiary/aromatic N) is 3. The van der Waals surface area contributed by atoms with E-state index >= 15 is 0 Å². The van der Waals surface area contributed by atoms with E-state index < -0.39 is 0 Å². The average Bonchev–Trinajstić information content (AvgIpc) is 3.03. The van der Waals surface area contributed by atoms with Crippen LogP contribution in [-0.2, 0) is 4.79 Å². The minimum absolute atomic E-state index is 0.197. The van der Waals surface area contributed by atoms with Crippen LogP contribution >= 0.6 is 11.8 Å². The number of hydrogen-bond acceptors (Lipinski definition) is 5. The van der Waals surface area contributed by atoms with E-state index in [1.807, 2.05) is 47.3 Å². The molecule has 0 saturated carbocycles. The number of aromatic nitrogens is 3. The molecule has 24 heavy (non-hydrogen) atoms. The van der Waals surface area contributed by atoms with Gasteiger partial charge in [0.1, 0.15) is 6.04 Å². The molecule has 1 aromatic heterocycles. The molecule has 0 fully saturated rings. The van der Waals surface area contributed by atoms with E-state index in [0.29, 0.717) is 11.6 Å². The number of benzene rings is 1. The fourth-order valence-corrected chi connectivity index (χ4v) is 3.55. The number of rotatable bonds is 3. The Kier molecular flexibility index (Phi) is 3.98. The lowest BCUT2D eigenvalue weighted by atomic mass is 9.88. The fourth-order valence-electron chi connectivity index (χ4n) is 3.21. The lowest BCUT2D eigenvalue weighted by molar-refractivity contribution is -0.116. The van der Waals surface area contributed by atoms with E-state index in [2.05, 4.69) is 21.5 Å². The minimum Gasteiger partial charge on any atom is -0.328 e. The molecule has 1 unspecified atom stereocenters. The summed E-state index contributed by atoms with van der Waals surface area (Å²) in [7, 11) is 0. The number of nitrogens with one attached hydrogen (secondary N) is 1. The third-order valence-corrected chi connectivity index (χ3v) is 4.88. The van der Waals surface area contributed by atoms with E-state index in [0.717, 1.165) is 35.6 Å². The molecule has 5 nitrogen and oxygen atoms in total. The number of fused-ring (bicyclic) bond motifs is 1. The lowest BCUT2D eigenvalue weighted by Gasteiger charge is -2.30. The Bertz CT molecular complexity index is 838. The first-order valence-corrected chi connectivity index (χ1v) is 9.26. The quantitative estimate of drug-likeness (QED) is 0.865. The van der Waals surface area contributed by atoms with Crippen molar-refractivity contribution in [1.29, 1.82) is 0 Å². The summed E-state index contributed by atoms with van der Waals surface area (Å²) >= 11 is 1.50. The maximum absolute atomic E-state index is 12.5. The van der Waals surface area contributed by atoms with Crippen molar-refractivity contribution in [2.75, 3.05) is 11.6 Å². The highest BCUT2D eigenvalue weighted by Gasteiger charge is 2.34. The lowest BCUT2D eigenvalue weighted by Crippen LogP contribution is -2.30. The highest BCUT2D eigenvalue weighted by Crippen LogP contribution is 2.37. The molecule has 4 rings (SSSR count). The molecule has 1 aliphatic carbocycles. The molecule has 1 aliphatic heterocycles. The topological polar surface area (TPSA) is 59.8 Å². The summed E-state index contributed by atoms with van der Waals surface area (Å²) in [5, 5.41) is 8.58. The van der Waals surface area contributed by atoms with Gasteiger partial charge < -0.3 is 5.32 Å². The molecule has 0 spiro atoms. The molecule has 2 aromatic rings. The predicted octanol–water partition coefficient (Wildman–Crippen LogP) is 3.69. The van der Waals surface area contributed by atoms with Crippen molar-refractivity contribution in [1.82, 2.24) is 14.8 Å². The molecule has 1 aromatic carbocycles. The Balaban J connectivity index is 1.78. The number of allylic oxidation sites excluding steroid dienone is 3. The normalized spacial score (nSPS) is 20.0. The molecular formula is C18H18N4OS. The van der Waals surface area contributed by atoms with Gasteiger partial charge in [0.25, 0.3) is 0 Å². The molecule has 2 heterocycles. The monoisotopic (exact) mass is 338 g/mol. The summed E-state index contributed by atoms with van der Waals surface area (Å²) in [5.41, 5.74) is 2.94. The Labute approximate surface area is 144 Å². The van der Waals surface area contributed by atoms with Crippen molar-refractivity contribution >= 4 is 29.6 Å². The van der Waals surface area contributed by atoms with Gasteiger partial charge in [-0.2, -0.15) is 4.98 Å². The molecule has 0 bridgehead atoms. The van der Waals surface area contributed by atoms with Crippen LogP contribution in [0.15, 0.2) is 52.8 Å². The highest BCUT2D eigenvalue weighted by molar-refractivity contribution is 7.98. The van der Waals surface area contributed by atoms with Gasteiger partial charge in [-0.05, 0) is 24.7 Å². The standard InChI is InChI=1S/C18H18N4OS/c1-24-18-20-17-19-13-8-5-9-15(23)16(13)14(22(17)21-18)11-10-12-6-3-2-4-7-12/h2-4,6-7,10-11,14H,5,8-9H2,1H3,(H,19,20,21)/b11-10+. The van der Waals surface area contributed by atoms with Crippen LogP contribution in [0.2, 0.25) is 0 Å². The summed E-state index contributed by atoms with van der Waals surface area (Å²) < 4.78 is 1.83. The van der Waals surface area contributed by atoms with Crippen molar-refractivity contribution in [2.45, 2.75) is 30.5 Å². The number of hydrogen-bond donors (Lipinski definition) is 1. The van der Waals surface area contributed by atoms with Crippen LogP contribution in [0.25, 0.3) is 6.08 Å². The summed E-state index contributed by atoms with van der Waals surface area (Å²) in [6.07, 6.45) is 8.44. The number of carbonyl (C=O) groups is 1. The van der Waals surface area contributed by atoms with Crippen molar-refractivity contribution in [3.63, 3.8) is 0 Å².